The average Bonchev–Trinajstić information content (AvgIpc) is 3.39. The van der Waals surface area contributed by atoms with Crippen LogP contribution in [0.15, 0.2) is 47.3 Å². The molecule has 0 saturated carbocycles. The summed E-state index contributed by atoms with van der Waals surface area (Å²) < 4.78 is 7.01. The molecule has 4 aromatic rings. The van der Waals surface area contributed by atoms with Gasteiger partial charge in [-0.25, -0.2) is 19.4 Å². The van der Waals surface area contributed by atoms with Gasteiger partial charge in [-0.15, -0.1) is 0 Å². The summed E-state index contributed by atoms with van der Waals surface area (Å²) in [6.45, 7) is 5.72. The standard InChI is InChI=1S/C23H21ClN8O4/c1-23(2,3)17-13(5-4-8-31(17)22(34)35)32-19-15(18(25)26-10-27-19)16(30-32)20(33)29-21-28-12-9-11(24)6-7-14(12)36-21/h4-10,17H,1-3H3,(H,34,35)(H2,25,26,27)(H,28,29,33)/t17-/m0/s1. The minimum atomic E-state index is -1.13. The van der Waals surface area contributed by atoms with Crippen molar-refractivity contribution in [2.75, 3.05) is 11.1 Å². The maximum atomic E-state index is 13.3. The lowest BCUT2D eigenvalue weighted by Crippen LogP contribution is -2.46. The number of aromatic nitrogens is 5. The van der Waals surface area contributed by atoms with E-state index in [9.17, 15) is 14.7 Å². The van der Waals surface area contributed by atoms with Gasteiger partial charge in [-0.05, 0) is 35.8 Å². The zero-order valence-corrected chi connectivity index (χ0v) is 20.2. The van der Waals surface area contributed by atoms with E-state index in [0.717, 1.165) is 0 Å². The molecule has 0 radical (unpaired) electrons. The number of anilines is 2. The van der Waals surface area contributed by atoms with Crippen molar-refractivity contribution in [2.45, 2.75) is 26.8 Å². The molecule has 1 aliphatic rings. The number of nitrogen functional groups attached to an aromatic ring is 1. The van der Waals surface area contributed by atoms with Crippen LogP contribution < -0.4 is 11.1 Å². The van der Waals surface area contributed by atoms with Crippen LogP contribution in [0.1, 0.15) is 31.3 Å². The number of rotatable bonds is 3. The highest BCUT2D eigenvalue weighted by Crippen LogP contribution is 2.37. The van der Waals surface area contributed by atoms with Crippen LogP contribution in [-0.4, -0.2) is 52.8 Å². The molecule has 36 heavy (non-hydrogen) atoms. The number of fused-ring (bicyclic) bond motifs is 2. The lowest BCUT2D eigenvalue weighted by molar-refractivity contribution is 0.102. The maximum Gasteiger partial charge on any atom is 0.411 e. The highest BCUT2D eigenvalue weighted by molar-refractivity contribution is 6.31. The molecule has 4 N–H and O–H groups in total. The molecule has 5 rings (SSSR count). The molecule has 0 fully saturated rings. The number of oxazole rings is 1. The van der Waals surface area contributed by atoms with Crippen molar-refractivity contribution in [1.82, 2.24) is 29.6 Å². The van der Waals surface area contributed by atoms with Crippen LogP contribution in [0.2, 0.25) is 5.02 Å². The lowest BCUT2D eigenvalue weighted by Gasteiger charge is -2.39. The van der Waals surface area contributed by atoms with Gasteiger partial charge in [0.2, 0.25) is 0 Å². The van der Waals surface area contributed by atoms with Crippen LogP contribution in [0.3, 0.4) is 0 Å². The maximum absolute atomic E-state index is 13.3. The van der Waals surface area contributed by atoms with Crippen molar-refractivity contribution in [1.29, 1.82) is 0 Å². The third-order valence-electron chi connectivity index (χ3n) is 5.64. The molecule has 184 valence electrons. The van der Waals surface area contributed by atoms with Gasteiger partial charge in [-0.1, -0.05) is 32.4 Å². The largest absolute Gasteiger partial charge is 0.465 e. The van der Waals surface area contributed by atoms with Crippen LogP contribution in [0.4, 0.5) is 16.6 Å². The highest BCUT2D eigenvalue weighted by Gasteiger charge is 2.39. The van der Waals surface area contributed by atoms with Crippen molar-refractivity contribution in [2.24, 2.45) is 5.41 Å². The number of carbonyl (C=O) groups excluding carboxylic acids is 1. The van der Waals surface area contributed by atoms with Crippen molar-refractivity contribution in [3.8, 4) is 0 Å². The van der Waals surface area contributed by atoms with E-state index in [1.807, 2.05) is 20.8 Å². The summed E-state index contributed by atoms with van der Waals surface area (Å²) in [5.74, 6) is -0.623. The zero-order valence-electron chi connectivity index (χ0n) is 19.4. The second-order valence-electron chi connectivity index (χ2n) is 9.19. The number of carbonyl (C=O) groups is 2. The zero-order chi connectivity index (χ0) is 25.8. The molecule has 1 aromatic carbocycles. The Labute approximate surface area is 209 Å². The lowest BCUT2D eigenvalue weighted by atomic mass is 9.82. The first-order valence-corrected chi connectivity index (χ1v) is 11.2. The molecule has 0 spiro atoms. The molecule has 0 bridgehead atoms. The summed E-state index contributed by atoms with van der Waals surface area (Å²) in [4.78, 5) is 39.1. The topological polar surface area (TPSA) is 165 Å². The first-order chi connectivity index (χ1) is 17.0. The summed E-state index contributed by atoms with van der Waals surface area (Å²) in [6.07, 6.45) is 4.92. The summed E-state index contributed by atoms with van der Waals surface area (Å²) >= 11 is 6.00. The van der Waals surface area contributed by atoms with Crippen LogP contribution in [0.25, 0.3) is 27.8 Å². The molecule has 0 saturated heterocycles. The van der Waals surface area contributed by atoms with Crippen LogP contribution in [-0.2, 0) is 0 Å². The number of amides is 2. The van der Waals surface area contributed by atoms with Gasteiger partial charge >= 0.3 is 12.1 Å². The Morgan fingerprint density at radius 3 is 2.75 bits per heavy atom. The van der Waals surface area contributed by atoms with E-state index in [1.165, 1.54) is 22.1 Å². The molecule has 13 heteroatoms. The Morgan fingerprint density at radius 1 is 1.25 bits per heavy atom. The number of hydrogen-bond donors (Lipinski definition) is 3. The number of benzene rings is 1. The van der Waals surface area contributed by atoms with Crippen molar-refractivity contribution in [3.05, 3.63) is 53.6 Å². The molecule has 0 aliphatic carbocycles. The summed E-state index contributed by atoms with van der Waals surface area (Å²) in [6, 6.07) is 4.19. The first-order valence-electron chi connectivity index (χ1n) is 10.8. The predicted octanol–water partition coefficient (Wildman–Crippen LogP) is 4.22. The van der Waals surface area contributed by atoms with E-state index in [0.29, 0.717) is 21.8 Å². The third kappa shape index (κ3) is 3.90. The minimum absolute atomic E-state index is 0.0371. The molecular weight excluding hydrogens is 488 g/mol. The Kier molecular flexibility index (Phi) is 5.40. The number of nitrogens with one attached hydrogen (secondary N) is 1. The molecule has 0 unspecified atom stereocenters. The highest BCUT2D eigenvalue weighted by atomic mass is 35.5. The smallest absolute Gasteiger partial charge is 0.411 e. The Bertz CT molecular complexity index is 1600. The van der Waals surface area contributed by atoms with E-state index in [1.54, 1.807) is 30.4 Å². The van der Waals surface area contributed by atoms with Crippen LogP contribution >= 0.6 is 11.6 Å². The summed E-state index contributed by atoms with van der Waals surface area (Å²) in [5, 5.41) is 17.6. The minimum Gasteiger partial charge on any atom is -0.465 e. The van der Waals surface area contributed by atoms with Gasteiger partial charge in [-0.2, -0.15) is 10.1 Å². The average molecular weight is 509 g/mol. The monoisotopic (exact) mass is 508 g/mol. The van der Waals surface area contributed by atoms with E-state index in [2.05, 4.69) is 25.4 Å². The van der Waals surface area contributed by atoms with Crippen molar-refractivity contribution < 1.29 is 19.1 Å². The van der Waals surface area contributed by atoms with Gasteiger partial charge in [0.1, 0.15) is 17.7 Å². The predicted molar refractivity (Wildman–Crippen MR) is 133 cm³/mol. The number of allylic oxidation sites excluding steroid dienone is 2. The fraction of sp³-hybridized carbons (Fsp3) is 0.217. The second kappa shape index (κ2) is 8.34. The Balaban J connectivity index is 1.61. The normalized spacial score (nSPS) is 15.9. The number of halogens is 1. The van der Waals surface area contributed by atoms with Gasteiger partial charge in [-0.3, -0.25) is 15.0 Å². The van der Waals surface area contributed by atoms with Crippen molar-refractivity contribution in [3.63, 3.8) is 0 Å². The molecule has 4 heterocycles. The molecular formula is C23H21ClN8O4. The molecule has 12 nitrogen and oxygen atoms in total. The van der Waals surface area contributed by atoms with E-state index in [-0.39, 0.29) is 28.6 Å². The fourth-order valence-electron chi connectivity index (χ4n) is 4.20. The van der Waals surface area contributed by atoms with E-state index in [4.69, 9.17) is 21.8 Å². The number of nitrogens with zero attached hydrogens (tertiary/aromatic N) is 6. The molecule has 2 amide bonds. The molecule has 3 aromatic heterocycles. The second-order valence-corrected chi connectivity index (χ2v) is 9.63. The summed E-state index contributed by atoms with van der Waals surface area (Å²) in [5.41, 5.74) is 7.17. The first kappa shape index (κ1) is 23.3. The van der Waals surface area contributed by atoms with Gasteiger partial charge in [0.15, 0.2) is 16.9 Å². The number of carboxylic acid groups (broad SMARTS) is 1. The van der Waals surface area contributed by atoms with Gasteiger partial charge in [0, 0.05) is 11.2 Å². The fourth-order valence-corrected chi connectivity index (χ4v) is 4.37. The van der Waals surface area contributed by atoms with Gasteiger partial charge in [0.25, 0.3) is 5.91 Å². The van der Waals surface area contributed by atoms with Crippen molar-refractivity contribution >= 4 is 63.3 Å². The number of nitrogens with two attached hydrogens (primary N) is 1. The molecule has 1 atom stereocenters. The van der Waals surface area contributed by atoms with Crippen LogP contribution in [0, 0.1) is 5.41 Å². The third-order valence-corrected chi connectivity index (χ3v) is 5.87. The van der Waals surface area contributed by atoms with Gasteiger partial charge in [0.05, 0.1) is 17.1 Å². The summed E-state index contributed by atoms with van der Waals surface area (Å²) in [7, 11) is 0. The quantitative estimate of drug-likeness (QED) is 0.367. The van der Waals surface area contributed by atoms with E-state index < -0.39 is 23.5 Å². The Hall–Kier alpha value is -4.45. The SMILES string of the molecule is CC(C)(C)[C@@H]1C(n2nc(C(=O)Nc3nc4cc(Cl)ccc4o3)c3c(N)ncnc32)=CC=CN1C(=O)O. The van der Waals surface area contributed by atoms with E-state index >= 15 is 0 Å². The Morgan fingerprint density at radius 2 is 2.03 bits per heavy atom. The van der Waals surface area contributed by atoms with Gasteiger partial charge < -0.3 is 15.3 Å². The molecule has 1 aliphatic heterocycles. The number of hydrogen-bond acceptors (Lipinski definition) is 8. The van der Waals surface area contributed by atoms with Crippen LogP contribution in [0.5, 0.6) is 0 Å².